The Morgan fingerprint density at radius 1 is 1.63 bits per heavy atom. The summed E-state index contributed by atoms with van der Waals surface area (Å²) >= 11 is 2.53. The average Bonchev–Trinajstić information content (AvgIpc) is 2.74. The molecule has 1 unspecified atom stereocenters. The fraction of sp³-hybridized carbons (Fsp3) is 0.273. The number of carboxylic acids is 1. The lowest BCUT2D eigenvalue weighted by molar-refractivity contribution is -0.386. The van der Waals surface area contributed by atoms with Crippen molar-refractivity contribution in [1.29, 1.82) is 0 Å². The molecule has 1 aromatic heterocycles. The van der Waals surface area contributed by atoms with E-state index >= 15 is 0 Å². The number of thioether (sulfide) groups is 1. The minimum absolute atomic E-state index is 0.0408. The molecule has 1 heterocycles. The standard InChI is InChI=1S/C11H10N2O4S2/c1-6(4-9(14)15)19-8-3-2-7-10(12-5-18-7)11(8)13(16)17/h2-3,5-6H,4H2,1H3,(H,14,15). The number of thiazole rings is 1. The lowest BCUT2D eigenvalue weighted by atomic mass is 10.3. The molecule has 0 radical (unpaired) electrons. The lowest BCUT2D eigenvalue weighted by Crippen LogP contribution is -2.06. The second-order valence-electron chi connectivity index (χ2n) is 3.89. The van der Waals surface area contributed by atoms with Gasteiger partial charge in [-0.3, -0.25) is 14.9 Å². The van der Waals surface area contributed by atoms with Crippen LogP contribution >= 0.6 is 23.1 Å². The second kappa shape index (κ2) is 5.54. The predicted molar refractivity (Wildman–Crippen MR) is 73.8 cm³/mol. The van der Waals surface area contributed by atoms with Crippen LogP contribution in [-0.2, 0) is 4.79 Å². The average molecular weight is 298 g/mol. The maximum atomic E-state index is 11.2. The van der Waals surface area contributed by atoms with Crippen LogP contribution in [0.15, 0.2) is 22.5 Å². The highest BCUT2D eigenvalue weighted by molar-refractivity contribution is 8.00. The molecule has 0 amide bonds. The van der Waals surface area contributed by atoms with Crippen LogP contribution < -0.4 is 0 Å². The molecule has 0 saturated carbocycles. The van der Waals surface area contributed by atoms with E-state index in [9.17, 15) is 14.9 Å². The number of hydrogen-bond acceptors (Lipinski definition) is 6. The molecule has 100 valence electrons. The third kappa shape index (κ3) is 3.02. The van der Waals surface area contributed by atoms with E-state index < -0.39 is 10.9 Å². The van der Waals surface area contributed by atoms with Crippen LogP contribution in [0.3, 0.4) is 0 Å². The fourth-order valence-electron chi connectivity index (χ4n) is 1.67. The Morgan fingerprint density at radius 3 is 3.00 bits per heavy atom. The van der Waals surface area contributed by atoms with Crippen LogP contribution in [0.4, 0.5) is 5.69 Å². The molecule has 0 fully saturated rings. The number of nitro benzene ring substituents is 1. The van der Waals surface area contributed by atoms with Gasteiger partial charge in [-0.05, 0) is 12.1 Å². The van der Waals surface area contributed by atoms with E-state index in [1.165, 1.54) is 23.1 Å². The Bertz CT molecular complexity index is 641. The van der Waals surface area contributed by atoms with Crippen molar-refractivity contribution < 1.29 is 14.8 Å². The van der Waals surface area contributed by atoms with Gasteiger partial charge in [-0.1, -0.05) is 6.92 Å². The number of carboxylic acid groups (broad SMARTS) is 1. The summed E-state index contributed by atoms with van der Waals surface area (Å²) in [5, 5.41) is 19.7. The molecule has 0 aliphatic heterocycles. The van der Waals surface area contributed by atoms with Crippen LogP contribution in [0.2, 0.25) is 0 Å². The summed E-state index contributed by atoms with van der Waals surface area (Å²) in [4.78, 5) is 25.8. The quantitative estimate of drug-likeness (QED) is 0.517. The summed E-state index contributed by atoms with van der Waals surface area (Å²) in [6.45, 7) is 1.73. The third-order valence-corrected chi connectivity index (χ3v) is 4.36. The van der Waals surface area contributed by atoms with Crippen LogP contribution in [0.25, 0.3) is 10.2 Å². The fourth-order valence-corrected chi connectivity index (χ4v) is 3.44. The van der Waals surface area contributed by atoms with Crippen molar-refractivity contribution in [3.8, 4) is 0 Å². The van der Waals surface area contributed by atoms with Gasteiger partial charge in [0.2, 0.25) is 0 Å². The molecule has 6 nitrogen and oxygen atoms in total. The third-order valence-electron chi connectivity index (χ3n) is 2.41. The SMILES string of the molecule is CC(CC(=O)O)Sc1ccc2scnc2c1[N+](=O)[O-]. The van der Waals surface area contributed by atoms with Gasteiger partial charge in [0.05, 0.1) is 26.5 Å². The molecule has 8 heteroatoms. The Morgan fingerprint density at radius 2 is 2.37 bits per heavy atom. The highest BCUT2D eigenvalue weighted by Gasteiger charge is 2.23. The number of nitro groups is 1. The van der Waals surface area contributed by atoms with E-state index in [1.54, 1.807) is 24.6 Å². The molecule has 1 N–H and O–H groups in total. The van der Waals surface area contributed by atoms with Crippen molar-refractivity contribution in [1.82, 2.24) is 4.98 Å². The normalized spacial score (nSPS) is 12.5. The van der Waals surface area contributed by atoms with E-state index in [4.69, 9.17) is 5.11 Å². The van der Waals surface area contributed by atoms with Crippen molar-refractivity contribution in [2.45, 2.75) is 23.5 Å². The Labute approximate surface area is 116 Å². The van der Waals surface area contributed by atoms with E-state index in [1.807, 2.05) is 0 Å². The highest BCUT2D eigenvalue weighted by Crippen LogP contribution is 2.38. The first-order valence-electron chi connectivity index (χ1n) is 5.38. The highest BCUT2D eigenvalue weighted by atomic mass is 32.2. The van der Waals surface area contributed by atoms with E-state index in [0.29, 0.717) is 10.4 Å². The maximum absolute atomic E-state index is 11.2. The van der Waals surface area contributed by atoms with Crippen molar-refractivity contribution in [3.63, 3.8) is 0 Å². The summed E-state index contributed by atoms with van der Waals surface area (Å²) in [5.74, 6) is -0.919. The number of hydrogen-bond donors (Lipinski definition) is 1. The van der Waals surface area contributed by atoms with Crippen LogP contribution in [0.5, 0.6) is 0 Å². The number of aromatic nitrogens is 1. The Hall–Kier alpha value is -1.67. The number of aliphatic carboxylic acids is 1. The van der Waals surface area contributed by atoms with Crippen LogP contribution in [-0.4, -0.2) is 26.2 Å². The van der Waals surface area contributed by atoms with Crippen molar-refractivity contribution >= 4 is 45.0 Å². The van der Waals surface area contributed by atoms with Crippen molar-refractivity contribution in [2.24, 2.45) is 0 Å². The number of rotatable bonds is 5. The Kier molecular flexibility index (Phi) is 4.01. The minimum atomic E-state index is -0.919. The molecule has 1 aromatic carbocycles. The van der Waals surface area contributed by atoms with Crippen molar-refractivity contribution in [3.05, 3.63) is 27.8 Å². The van der Waals surface area contributed by atoms with Gasteiger partial charge in [0.25, 0.3) is 0 Å². The second-order valence-corrected chi connectivity index (χ2v) is 6.26. The monoisotopic (exact) mass is 298 g/mol. The van der Waals surface area contributed by atoms with Gasteiger partial charge < -0.3 is 5.11 Å². The molecule has 19 heavy (non-hydrogen) atoms. The molecule has 0 aliphatic carbocycles. The lowest BCUT2D eigenvalue weighted by Gasteiger charge is -2.08. The zero-order chi connectivity index (χ0) is 14.0. The summed E-state index contributed by atoms with van der Waals surface area (Å²) in [5.41, 5.74) is 1.88. The summed E-state index contributed by atoms with van der Waals surface area (Å²) < 4.78 is 0.752. The van der Waals surface area contributed by atoms with E-state index in [-0.39, 0.29) is 17.4 Å². The zero-order valence-electron chi connectivity index (χ0n) is 9.90. The molecule has 1 atom stereocenters. The summed E-state index contributed by atoms with van der Waals surface area (Å²) in [7, 11) is 0. The zero-order valence-corrected chi connectivity index (χ0v) is 11.5. The molecule has 0 spiro atoms. The van der Waals surface area contributed by atoms with Gasteiger partial charge in [-0.2, -0.15) is 0 Å². The van der Waals surface area contributed by atoms with Crippen LogP contribution in [0.1, 0.15) is 13.3 Å². The van der Waals surface area contributed by atoms with Gasteiger partial charge in [-0.25, -0.2) is 4.98 Å². The number of carbonyl (C=O) groups is 1. The summed E-state index contributed by atoms with van der Waals surface area (Å²) in [6.07, 6.45) is -0.0447. The molecular formula is C11H10N2O4S2. The number of nitrogens with zero attached hydrogens (tertiary/aromatic N) is 2. The first kappa shape index (κ1) is 13.8. The largest absolute Gasteiger partial charge is 0.481 e. The molecule has 0 aliphatic rings. The molecule has 0 saturated heterocycles. The number of benzene rings is 1. The molecule has 2 aromatic rings. The van der Waals surface area contributed by atoms with Gasteiger partial charge in [0, 0.05) is 5.25 Å². The van der Waals surface area contributed by atoms with Crippen molar-refractivity contribution in [2.75, 3.05) is 0 Å². The first-order chi connectivity index (χ1) is 8.99. The maximum Gasteiger partial charge on any atom is 0.309 e. The van der Waals surface area contributed by atoms with Gasteiger partial charge in [-0.15, -0.1) is 23.1 Å². The van der Waals surface area contributed by atoms with E-state index in [2.05, 4.69) is 4.98 Å². The Balaban J connectivity index is 2.39. The smallest absolute Gasteiger partial charge is 0.309 e. The van der Waals surface area contributed by atoms with Gasteiger partial charge >= 0.3 is 11.7 Å². The number of fused-ring (bicyclic) bond motifs is 1. The predicted octanol–water partition coefficient (Wildman–Crippen LogP) is 3.16. The van der Waals surface area contributed by atoms with E-state index in [0.717, 1.165) is 4.70 Å². The first-order valence-corrected chi connectivity index (χ1v) is 7.14. The molecular weight excluding hydrogens is 288 g/mol. The molecule has 2 rings (SSSR count). The topological polar surface area (TPSA) is 93.3 Å². The molecule has 0 bridgehead atoms. The summed E-state index contributed by atoms with van der Waals surface area (Å²) in [6, 6.07) is 3.43. The van der Waals surface area contributed by atoms with Gasteiger partial charge in [0.1, 0.15) is 0 Å². The van der Waals surface area contributed by atoms with Gasteiger partial charge in [0.15, 0.2) is 5.52 Å². The van der Waals surface area contributed by atoms with Crippen LogP contribution in [0, 0.1) is 10.1 Å². The minimum Gasteiger partial charge on any atom is -0.481 e.